The molecule has 2 N–H and O–H groups in total. The molecule has 164 valence electrons. The van der Waals surface area contributed by atoms with Crippen LogP contribution < -0.4 is 5.43 Å². The van der Waals surface area contributed by atoms with E-state index in [4.69, 9.17) is 16.0 Å². The van der Waals surface area contributed by atoms with E-state index in [0.717, 1.165) is 13.0 Å². The summed E-state index contributed by atoms with van der Waals surface area (Å²) in [5.41, 5.74) is 0.900. The highest BCUT2D eigenvalue weighted by Gasteiger charge is 2.37. The van der Waals surface area contributed by atoms with Crippen LogP contribution in [0.5, 0.6) is 11.5 Å². The van der Waals surface area contributed by atoms with E-state index in [1.165, 1.54) is 12.1 Å². The third kappa shape index (κ3) is 3.43. The van der Waals surface area contributed by atoms with Crippen molar-refractivity contribution in [3.8, 4) is 22.8 Å². The molecule has 1 saturated heterocycles. The summed E-state index contributed by atoms with van der Waals surface area (Å²) in [7, 11) is 2.03. The molecule has 4 aromatic rings. The van der Waals surface area contributed by atoms with E-state index in [-0.39, 0.29) is 40.2 Å². The van der Waals surface area contributed by atoms with Crippen LogP contribution in [-0.2, 0) is 6.54 Å². The Morgan fingerprint density at radius 1 is 1.22 bits per heavy atom. The molecule has 8 heteroatoms. The number of likely N-dealkylation sites (N-methyl/N-ethyl adjacent to an activating group) is 1. The highest BCUT2D eigenvalue weighted by Crippen LogP contribution is 2.45. The molecule has 0 saturated carbocycles. The fourth-order valence-electron chi connectivity index (χ4n) is 4.70. The fourth-order valence-corrected chi connectivity index (χ4v) is 4.92. The van der Waals surface area contributed by atoms with Gasteiger partial charge in [0.1, 0.15) is 28.2 Å². The lowest BCUT2D eigenvalue weighted by molar-refractivity contribution is 0.266. The van der Waals surface area contributed by atoms with Crippen LogP contribution in [0, 0.1) is 0 Å². The van der Waals surface area contributed by atoms with E-state index in [2.05, 4.69) is 9.88 Å². The highest BCUT2D eigenvalue weighted by molar-refractivity contribution is 6.33. The predicted octanol–water partition coefficient (Wildman–Crippen LogP) is 4.21. The van der Waals surface area contributed by atoms with Gasteiger partial charge in [0, 0.05) is 54.2 Å². The summed E-state index contributed by atoms with van der Waals surface area (Å²) in [5.74, 6) is -0.226. The lowest BCUT2D eigenvalue weighted by Crippen LogP contribution is -2.32. The van der Waals surface area contributed by atoms with Gasteiger partial charge in [-0.05, 0) is 32.1 Å². The average molecular weight is 452 g/mol. The molecule has 32 heavy (non-hydrogen) atoms. The van der Waals surface area contributed by atoms with E-state index >= 15 is 0 Å². The summed E-state index contributed by atoms with van der Waals surface area (Å²) < 4.78 is 8.18. The minimum atomic E-state index is -0.391. The Hall–Kier alpha value is -3.29. The van der Waals surface area contributed by atoms with E-state index in [9.17, 15) is 15.0 Å². The molecule has 0 radical (unpaired) electrons. The number of nitrogens with zero attached hydrogens (tertiary/aromatic N) is 3. The molecule has 1 fully saturated rings. The molecule has 0 unspecified atom stereocenters. The standard InChI is InChI=1S/C24H22ClN3O4/c1-27-8-6-15(17(27)12-28-9-7-26-13-28)22-18(29)10-19(30)23-20(31)11-21(32-24(22)23)14-4-2-3-5-16(14)25/h2-5,7,9-11,13,15,17,29-30H,6,8,12H2,1H3/t15-,17+/m1/s1. The van der Waals surface area contributed by atoms with Gasteiger partial charge in [-0.1, -0.05) is 23.7 Å². The molecule has 3 heterocycles. The average Bonchev–Trinajstić information content (AvgIpc) is 3.39. The Morgan fingerprint density at radius 2 is 2.03 bits per heavy atom. The minimum absolute atomic E-state index is 0.0390. The fraction of sp³-hybridized carbons (Fsp3) is 0.250. The number of fused-ring (bicyclic) bond motifs is 1. The van der Waals surface area contributed by atoms with Crippen LogP contribution in [0.4, 0.5) is 0 Å². The van der Waals surface area contributed by atoms with Crippen molar-refractivity contribution in [1.29, 1.82) is 0 Å². The van der Waals surface area contributed by atoms with Crippen LogP contribution in [-0.4, -0.2) is 44.3 Å². The van der Waals surface area contributed by atoms with Gasteiger partial charge in [0.15, 0.2) is 5.43 Å². The first-order valence-electron chi connectivity index (χ1n) is 10.4. The van der Waals surface area contributed by atoms with Gasteiger partial charge >= 0.3 is 0 Å². The first-order valence-corrected chi connectivity index (χ1v) is 10.8. The summed E-state index contributed by atoms with van der Waals surface area (Å²) in [6.07, 6.45) is 6.15. The Balaban J connectivity index is 1.72. The van der Waals surface area contributed by atoms with Crippen molar-refractivity contribution in [2.45, 2.75) is 24.9 Å². The molecule has 1 aliphatic rings. The van der Waals surface area contributed by atoms with Crippen LogP contribution in [0.3, 0.4) is 0 Å². The van der Waals surface area contributed by atoms with Gasteiger partial charge in [-0.2, -0.15) is 0 Å². The van der Waals surface area contributed by atoms with Crippen molar-refractivity contribution in [2.24, 2.45) is 0 Å². The molecule has 1 aliphatic heterocycles. The largest absolute Gasteiger partial charge is 0.507 e. The molecule has 0 bridgehead atoms. The van der Waals surface area contributed by atoms with E-state index in [1.54, 1.807) is 36.8 Å². The Kier molecular flexibility index (Phi) is 5.15. The number of rotatable bonds is 4. The first kappa shape index (κ1) is 20.6. The lowest BCUT2D eigenvalue weighted by Gasteiger charge is -2.26. The second-order valence-electron chi connectivity index (χ2n) is 8.19. The second kappa shape index (κ2) is 8.00. The number of phenols is 2. The van der Waals surface area contributed by atoms with Gasteiger partial charge in [0.2, 0.25) is 0 Å². The molecule has 7 nitrogen and oxygen atoms in total. The maximum Gasteiger partial charge on any atom is 0.197 e. The third-order valence-electron chi connectivity index (χ3n) is 6.29. The predicted molar refractivity (Wildman–Crippen MR) is 122 cm³/mol. The third-order valence-corrected chi connectivity index (χ3v) is 6.62. The monoisotopic (exact) mass is 451 g/mol. The summed E-state index contributed by atoms with van der Waals surface area (Å²) in [4.78, 5) is 19.4. The number of benzene rings is 2. The Bertz CT molecular complexity index is 1350. The van der Waals surface area contributed by atoms with Crippen molar-refractivity contribution in [3.05, 3.63) is 75.9 Å². The van der Waals surface area contributed by atoms with Crippen molar-refractivity contribution in [2.75, 3.05) is 13.6 Å². The zero-order chi connectivity index (χ0) is 22.4. The topological polar surface area (TPSA) is 91.7 Å². The summed E-state index contributed by atoms with van der Waals surface area (Å²) >= 11 is 6.34. The molecule has 0 aliphatic carbocycles. The maximum absolute atomic E-state index is 13.0. The first-order chi connectivity index (χ1) is 15.4. The van der Waals surface area contributed by atoms with E-state index < -0.39 is 5.43 Å². The number of aromatic hydroxyl groups is 2. The molecule has 0 amide bonds. The zero-order valence-electron chi connectivity index (χ0n) is 17.4. The number of halogens is 1. The quantitative estimate of drug-likeness (QED) is 0.483. The second-order valence-corrected chi connectivity index (χ2v) is 8.60. The van der Waals surface area contributed by atoms with Crippen molar-refractivity contribution in [3.63, 3.8) is 0 Å². The summed E-state index contributed by atoms with van der Waals surface area (Å²) in [6, 6.07) is 9.68. The molecule has 2 atom stereocenters. The minimum Gasteiger partial charge on any atom is -0.507 e. The molecule has 2 aromatic heterocycles. The number of phenolic OH excluding ortho intramolecular Hbond substituents is 2. The number of imidazole rings is 1. The highest BCUT2D eigenvalue weighted by atomic mass is 35.5. The van der Waals surface area contributed by atoms with Gasteiger partial charge in [-0.15, -0.1) is 0 Å². The van der Waals surface area contributed by atoms with Crippen molar-refractivity contribution >= 4 is 22.6 Å². The SMILES string of the molecule is CN1CC[C@@H](c2c(O)cc(O)c3c(=O)cc(-c4ccccc4Cl)oc23)[C@@H]1Cn1ccnc1. The molecule has 5 rings (SSSR count). The molecular formula is C24H22ClN3O4. The van der Waals surface area contributed by atoms with Gasteiger partial charge in [0.05, 0.1) is 11.3 Å². The van der Waals surface area contributed by atoms with Crippen LogP contribution in [0.1, 0.15) is 17.9 Å². The van der Waals surface area contributed by atoms with Crippen LogP contribution in [0.15, 0.2) is 64.3 Å². The van der Waals surface area contributed by atoms with Gasteiger partial charge < -0.3 is 24.1 Å². The number of hydrogen-bond acceptors (Lipinski definition) is 6. The van der Waals surface area contributed by atoms with Gasteiger partial charge in [0.25, 0.3) is 0 Å². The van der Waals surface area contributed by atoms with E-state index in [0.29, 0.717) is 22.7 Å². The molecule has 2 aromatic carbocycles. The van der Waals surface area contributed by atoms with Crippen molar-refractivity contribution in [1.82, 2.24) is 14.5 Å². The smallest absolute Gasteiger partial charge is 0.197 e. The molecular weight excluding hydrogens is 430 g/mol. The van der Waals surface area contributed by atoms with Gasteiger partial charge in [-0.25, -0.2) is 4.98 Å². The van der Waals surface area contributed by atoms with E-state index in [1.807, 2.05) is 17.8 Å². The number of hydrogen-bond donors (Lipinski definition) is 2. The lowest BCUT2D eigenvalue weighted by atomic mass is 9.89. The van der Waals surface area contributed by atoms with Crippen LogP contribution in [0.25, 0.3) is 22.3 Å². The summed E-state index contributed by atoms with van der Waals surface area (Å²) in [5, 5.41) is 21.9. The Morgan fingerprint density at radius 3 is 2.78 bits per heavy atom. The Labute approximate surface area is 189 Å². The maximum atomic E-state index is 13.0. The summed E-state index contributed by atoms with van der Waals surface area (Å²) in [6.45, 7) is 1.48. The van der Waals surface area contributed by atoms with Crippen molar-refractivity contribution < 1.29 is 14.6 Å². The number of likely N-dealkylation sites (tertiary alicyclic amines) is 1. The van der Waals surface area contributed by atoms with Crippen LogP contribution in [0.2, 0.25) is 5.02 Å². The van der Waals surface area contributed by atoms with Gasteiger partial charge in [-0.3, -0.25) is 4.79 Å². The molecule has 0 spiro atoms. The zero-order valence-corrected chi connectivity index (χ0v) is 18.2. The van der Waals surface area contributed by atoms with Crippen LogP contribution >= 0.6 is 11.6 Å². The number of aromatic nitrogens is 2. The normalized spacial score (nSPS) is 19.1.